The molecule has 1 aromatic carbocycles. The normalized spacial score (nSPS) is 10.9. The molecule has 0 unspecified atom stereocenters. The monoisotopic (exact) mass is 311 g/mol. The molecule has 2 rings (SSSR count). The number of aromatic nitrogens is 2. The molecule has 0 aliphatic carbocycles. The van der Waals surface area contributed by atoms with Crippen LogP contribution in [0.3, 0.4) is 0 Å². The van der Waals surface area contributed by atoms with Crippen LogP contribution in [0.4, 0.5) is 10.1 Å². The van der Waals surface area contributed by atoms with Crippen molar-refractivity contribution in [2.75, 3.05) is 5.32 Å². The summed E-state index contributed by atoms with van der Waals surface area (Å²) in [6, 6.07) is 5.26. The standard InChI is InChI=1S/C13H15BrFN3/c1-9(2)18-8-16-6-11(18)7-17-10-3-4-13(15)12(14)5-10/h3-6,8-9,17H,7H2,1-2H3. The predicted molar refractivity (Wildman–Crippen MR) is 74.0 cm³/mol. The van der Waals surface area contributed by atoms with Gasteiger partial charge >= 0.3 is 0 Å². The van der Waals surface area contributed by atoms with Gasteiger partial charge in [0.2, 0.25) is 0 Å². The fourth-order valence-corrected chi connectivity index (χ4v) is 2.11. The molecular formula is C13H15BrFN3. The van der Waals surface area contributed by atoms with E-state index in [0.29, 0.717) is 17.1 Å². The molecule has 0 atom stereocenters. The Morgan fingerprint density at radius 2 is 2.22 bits per heavy atom. The van der Waals surface area contributed by atoms with Gasteiger partial charge in [-0.3, -0.25) is 0 Å². The molecular weight excluding hydrogens is 297 g/mol. The van der Waals surface area contributed by atoms with Crippen molar-refractivity contribution in [3.8, 4) is 0 Å². The minimum Gasteiger partial charge on any atom is -0.379 e. The first-order valence-corrected chi connectivity index (χ1v) is 6.57. The molecule has 0 radical (unpaired) electrons. The Kier molecular flexibility index (Phi) is 4.01. The van der Waals surface area contributed by atoms with Gasteiger partial charge in [0, 0.05) is 17.9 Å². The first-order valence-electron chi connectivity index (χ1n) is 5.77. The van der Waals surface area contributed by atoms with E-state index < -0.39 is 0 Å². The zero-order valence-corrected chi connectivity index (χ0v) is 11.9. The first kappa shape index (κ1) is 13.1. The van der Waals surface area contributed by atoms with E-state index in [1.807, 2.05) is 12.5 Å². The second kappa shape index (κ2) is 5.52. The second-order valence-electron chi connectivity index (χ2n) is 4.37. The summed E-state index contributed by atoms with van der Waals surface area (Å²) in [7, 11) is 0. The zero-order chi connectivity index (χ0) is 13.1. The van der Waals surface area contributed by atoms with E-state index in [2.05, 4.69) is 44.6 Å². The van der Waals surface area contributed by atoms with Crippen molar-refractivity contribution in [1.82, 2.24) is 9.55 Å². The average Bonchev–Trinajstić information content (AvgIpc) is 2.79. The minimum absolute atomic E-state index is 0.257. The summed E-state index contributed by atoms with van der Waals surface area (Å²) in [4.78, 5) is 4.14. The Morgan fingerprint density at radius 3 is 2.89 bits per heavy atom. The summed E-state index contributed by atoms with van der Waals surface area (Å²) in [5.41, 5.74) is 1.98. The third kappa shape index (κ3) is 2.90. The topological polar surface area (TPSA) is 29.9 Å². The van der Waals surface area contributed by atoms with Crippen LogP contribution in [-0.2, 0) is 6.54 Å². The highest BCUT2D eigenvalue weighted by Gasteiger charge is 2.05. The largest absolute Gasteiger partial charge is 0.379 e. The summed E-state index contributed by atoms with van der Waals surface area (Å²) in [6.45, 7) is 4.88. The van der Waals surface area contributed by atoms with Crippen LogP contribution < -0.4 is 5.32 Å². The van der Waals surface area contributed by atoms with Crippen LogP contribution in [0.5, 0.6) is 0 Å². The van der Waals surface area contributed by atoms with Crippen molar-refractivity contribution in [3.05, 3.63) is 46.7 Å². The first-order chi connectivity index (χ1) is 8.58. The fourth-order valence-electron chi connectivity index (χ4n) is 1.73. The number of benzene rings is 1. The van der Waals surface area contributed by atoms with Gasteiger partial charge in [0.05, 0.1) is 23.0 Å². The minimum atomic E-state index is -0.257. The number of hydrogen-bond donors (Lipinski definition) is 1. The molecule has 96 valence electrons. The number of nitrogens with zero attached hydrogens (tertiary/aromatic N) is 2. The van der Waals surface area contributed by atoms with E-state index in [1.165, 1.54) is 6.07 Å². The quantitative estimate of drug-likeness (QED) is 0.925. The van der Waals surface area contributed by atoms with Gasteiger partial charge in [-0.15, -0.1) is 0 Å². The molecule has 0 saturated carbocycles. The Hall–Kier alpha value is -1.36. The van der Waals surface area contributed by atoms with Gasteiger partial charge in [-0.25, -0.2) is 9.37 Å². The van der Waals surface area contributed by atoms with E-state index in [-0.39, 0.29) is 5.82 Å². The van der Waals surface area contributed by atoms with Crippen molar-refractivity contribution in [2.45, 2.75) is 26.4 Å². The molecule has 3 nitrogen and oxygen atoms in total. The number of rotatable bonds is 4. The zero-order valence-electron chi connectivity index (χ0n) is 10.3. The highest BCUT2D eigenvalue weighted by atomic mass is 79.9. The van der Waals surface area contributed by atoms with Crippen LogP contribution in [0.1, 0.15) is 25.6 Å². The number of anilines is 1. The lowest BCUT2D eigenvalue weighted by Gasteiger charge is -2.13. The molecule has 1 heterocycles. The lowest BCUT2D eigenvalue weighted by molar-refractivity contribution is 0.577. The Bertz CT molecular complexity index is 537. The van der Waals surface area contributed by atoms with Gasteiger partial charge < -0.3 is 9.88 Å². The molecule has 2 aromatic rings. The highest BCUT2D eigenvalue weighted by Crippen LogP contribution is 2.20. The molecule has 1 N–H and O–H groups in total. The van der Waals surface area contributed by atoms with Crippen molar-refractivity contribution < 1.29 is 4.39 Å². The maximum Gasteiger partial charge on any atom is 0.137 e. The van der Waals surface area contributed by atoms with Crippen LogP contribution in [0, 0.1) is 5.82 Å². The third-order valence-electron chi connectivity index (χ3n) is 2.70. The van der Waals surface area contributed by atoms with Gasteiger partial charge in [0.15, 0.2) is 0 Å². The molecule has 0 bridgehead atoms. The van der Waals surface area contributed by atoms with Crippen LogP contribution in [-0.4, -0.2) is 9.55 Å². The lowest BCUT2D eigenvalue weighted by atomic mass is 10.3. The van der Waals surface area contributed by atoms with Gasteiger partial charge in [0.25, 0.3) is 0 Å². The smallest absolute Gasteiger partial charge is 0.137 e. The summed E-state index contributed by atoms with van der Waals surface area (Å²) in [5.74, 6) is -0.257. The SMILES string of the molecule is CC(C)n1cncc1CNc1ccc(F)c(Br)c1. The van der Waals surface area contributed by atoms with Crippen LogP contribution >= 0.6 is 15.9 Å². The van der Waals surface area contributed by atoms with Crippen molar-refractivity contribution in [2.24, 2.45) is 0 Å². The lowest BCUT2D eigenvalue weighted by Crippen LogP contribution is -2.08. The van der Waals surface area contributed by atoms with E-state index in [4.69, 9.17) is 0 Å². The number of halogens is 2. The predicted octanol–water partition coefficient (Wildman–Crippen LogP) is 3.98. The maximum absolute atomic E-state index is 13.1. The highest BCUT2D eigenvalue weighted by molar-refractivity contribution is 9.10. The molecule has 0 spiro atoms. The molecule has 0 aliphatic heterocycles. The van der Waals surface area contributed by atoms with Crippen LogP contribution in [0.2, 0.25) is 0 Å². The van der Waals surface area contributed by atoms with Crippen LogP contribution in [0.25, 0.3) is 0 Å². The van der Waals surface area contributed by atoms with Gasteiger partial charge in [-0.2, -0.15) is 0 Å². The Morgan fingerprint density at radius 1 is 1.44 bits per heavy atom. The Balaban J connectivity index is 2.07. The van der Waals surface area contributed by atoms with E-state index in [0.717, 1.165) is 11.4 Å². The molecule has 0 amide bonds. The van der Waals surface area contributed by atoms with Crippen molar-refractivity contribution in [3.63, 3.8) is 0 Å². The van der Waals surface area contributed by atoms with Crippen molar-refractivity contribution >= 4 is 21.6 Å². The van der Waals surface area contributed by atoms with Gasteiger partial charge in [0.1, 0.15) is 5.82 Å². The molecule has 0 fully saturated rings. The number of imidazole rings is 1. The molecule has 18 heavy (non-hydrogen) atoms. The average molecular weight is 312 g/mol. The second-order valence-corrected chi connectivity index (χ2v) is 5.22. The molecule has 0 aliphatic rings. The van der Waals surface area contributed by atoms with E-state index in [9.17, 15) is 4.39 Å². The van der Waals surface area contributed by atoms with Gasteiger partial charge in [-0.1, -0.05) is 0 Å². The summed E-state index contributed by atoms with van der Waals surface area (Å²) in [5, 5.41) is 3.25. The number of nitrogens with one attached hydrogen (secondary N) is 1. The maximum atomic E-state index is 13.1. The fraction of sp³-hybridized carbons (Fsp3) is 0.308. The Labute approximate surface area is 114 Å². The van der Waals surface area contributed by atoms with Gasteiger partial charge in [-0.05, 0) is 48.0 Å². The third-order valence-corrected chi connectivity index (χ3v) is 3.30. The van der Waals surface area contributed by atoms with E-state index in [1.54, 1.807) is 12.1 Å². The van der Waals surface area contributed by atoms with Crippen molar-refractivity contribution in [1.29, 1.82) is 0 Å². The summed E-state index contributed by atoms with van der Waals surface area (Å²) in [6.07, 6.45) is 3.66. The summed E-state index contributed by atoms with van der Waals surface area (Å²) < 4.78 is 15.7. The molecule has 1 aromatic heterocycles. The number of hydrogen-bond acceptors (Lipinski definition) is 2. The molecule has 0 saturated heterocycles. The van der Waals surface area contributed by atoms with E-state index >= 15 is 0 Å². The summed E-state index contributed by atoms with van der Waals surface area (Å²) >= 11 is 3.17. The molecule has 5 heteroatoms. The van der Waals surface area contributed by atoms with Crippen LogP contribution in [0.15, 0.2) is 35.2 Å².